The zero-order valence-electron chi connectivity index (χ0n) is 20.3. The fourth-order valence-electron chi connectivity index (χ4n) is 2.89. The van der Waals surface area contributed by atoms with Gasteiger partial charge in [-0.05, 0) is 55.7 Å². The van der Waals surface area contributed by atoms with Gasteiger partial charge in [0.15, 0.2) is 6.61 Å². The lowest BCUT2D eigenvalue weighted by atomic mass is 10.2. The van der Waals surface area contributed by atoms with Crippen LogP contribution in [0.2, 0.25) is 0 Å². The predicted molar refractivity (Wildman–Crippen MR) is 131 cm³/mol. The average molecular weight is 485 g/mol. The van der Waals surface area contributed by atoms with E-state index in [-0.39, 0.29) is 31.1 Å². The summed E-state index contributed by atoms with van der Waals surface area (Å²) < 4.78 is 15.6. The highest BCUT2D eigenvalue weighted by Crippen LogP contribution is 2.23. The maximum absolute atomic E-state index is 12.1. The van der Waals surface area contributed by atoms with Crippen molar-refractivity contribution in [3.05, 3.63) is 54.1 Å². The van der Waals surface area contributed by atoms with Gasteiger partial charge in [0, 0.05) is 18.5 Å². The number of para-hydroxylation sites is 2. The minimum absolute atomic E-state index is 0.00311. The minimum Gasteiger partial charge on any atom is -0.492 e. The number of benzene rings is 2. The summed E-state index contributed by atoms with van der Waals surface area (Å²) in [5, 5.41) is 5.35. The molecule has 2 aromatic rings. The highest BCUT2D eigenvalue weighted by atomic mass is 16.5. The van der Waals surface area contributed by atoms with Crippen molar-refractivity contribution in [1.29, 1.82) is 0 Å². The summed E-state index contributed by atoms with van der Waals surface area (Å²) in [5.74, 6) is -0.980. The van der Waals surface area contributed by atoms with Gasteiger partial charge in [0.25, 0.3) is 5.91 Å². The Balaban J connectivity index is 1.66. The summed E-state index contributed by atoms with van der Waals surface area (Å²) in [7, 11) is 0. The normalized spacial score (nSPS) is 10.4. The molecule has 2 amide bonds. The molecule has 0 atom stereocenters. The van der Waals surface area contributed by atoms with Crippen LogP contribution in [0.4, 0.5) is 11.4 Å². The summed E-state index contributed by atoms with van der Waals surface area (Å²) in [5.41, 5.74) is 1.42. The molecule has 9 heteroatoms. The monoisotopic (exact) mass is 484 g/mol. The zero-order chi connectivity index (χ0) is 25.6. The molecule has 0 aliphatic rings. The van der Waals surface area contributed by atoms with Crippen LogP contribution >= 0.6 is 0 Å². The number of ether oxygens (including phenoxy) is 3. The summed E-state index contributed by atoms with van der Waals surface area (Å²) in [6, 6.07) is 13.3. The van der Waals surface area contributed by atoms with Crippen molar-refractivity contribution in [1.82, 2.24) is 0 Å². The Morgan fingerprint density at radius 3 is 2.26 bits per heavy atom. The van der Waals surface area contributed by atoms with Crippen molar-refractivity contribution >= 4 is 35.1 Å². The van der Waals surface area contributed by atoms with Crippen LogP contribution in [-0.4, -0.2) is 43.6 Å². The van der Waals surface area contributed by atoms with Crippen LogP contribution in [0.1, 0.15) is 50.4 Å². The van der Waals surface area contributed by atoms with Crippen molar-refractivity contribution in [2.24, 2.45) is 5.92 Å². The van der Waals surface area contributed by atoms with E-state index in [1.807, 2.05) is 20.8 Å². The molecule has 0 saturated carbocycles. The summed E-state index contributed by atoms with van der Waals surface area (Å²) in [4.78, 5) is 48.0. The Morgan fingerprint density at radius 1 is 0.857 bits per heavy atom. The number of esters is 2. The maximum Gasteiger partial charge on any atom is 0.338 e. The number of carbonyl (C=O) groups excluding carboxylic acids is 4. The average Bonchev–Trinajstić information content (AvgIpc) is 2.83. The molecule has 0 radical (unpaired) electrons. The number of anilines is 2. The predicted octanol–water partition coefficient (Wildman–Crippen LogP) is 4.19. The molecule has 0 fully saturated rings. The van der Waals surface area contributed by atoms with Gasteiger partial charge < -0.3 is 24.8 Å². The smallest absolute Gasteiger partial charge is 0.338 e. The molecule has 35 heavy (non-hydrogen) atoms. The van der Waals surface area contributed by atoms with E-state index in [0.29, 0.717) is 35.9 Å². The molecular weight excluding hydrogens is 452 g/mol. The van der Waals surface area contributed by atoms with Gasteiger partial charge in [-0.1, -0.05) is 26.0 Å². The molecule has 0 saturated heterocycles. The first kappa shape index (κ1) is 27.4. The van der Waals surface area contributed by atoms with Crippen LogP contribution in [0.25, 0.3) is 0 Å². The standard InChI is InChI=1S/C26H32N2O7/c1-4-33-22-9-6-5-8-21(22)28-24(30)17-34-25(31)11-7-10-23(29)27-20-14-12-19(13-15-20)26(32)35-16-18(2)3/h5-6,8-9,12-15,18H,4,7,10-11,16-17H2,1-3H3,(H,27,29)(H,28,30). The highest BCUT2D eigenvalue weighted by molar-refractivity contribution is 5.94. The molecule has 2 N–H and O–H groups in total. The van der Waals surface area contributed by atoms with Gasteiger partial charge in [-0.25, -0.2) is 4.79 Å². The molecule has 0 bridgehead atoms. The lowest BCUT2D eigenvalue weighted by Crippen LogP contribution is -2.21. The molecular formula is C26H32N2O7. The fourth-order valence-corrected chi connectivity index (χ4v) is 2.89. The van der Waals surface area contributed by atoms with Crippen molar-refractivity contribution in [2.45, 2.75) is 40.0 Å². The minimum atomic E-state index is -0.574. The molecule has 0 aromatic heterocycles. The second-order valence-electron chi connectivity index (χ2n) is 8.11. The fraction of sp³-hybridized carbons (Fsp3) is 0.385. The lowest BCUT2D eigenvalue weighted by Gasteiger charge is -2.11. The van der Waals surface area contributed by atoms with E-state index in [1.54, 1.807) is 48.5 Å². The number of nitrogens with one attached hydrogen (secondary N) is 2. The highest BCUT2D eigenvalue weighted by Gasteiger charge is 2.12. The van der Waals surface area contributed by atoms with Crippen LogP contribution < -0.4 is 15.4 Å². The van der Waals surface area contributed by atoms with Gasteiger partial charge in [-0.15, -0.1) is 0 Å². The van der Waals surface area contributed by atoms with Crippen molar-refractivity contribution in [3.63, 3.8) is 0 Å². The van der Waals surface area contributed by atoms with Crippen LogP contribution in [0.3, 0.4) is 0 Å². The van der Waals surface area contributed by atoms with Crippen molar-refractivity contribution in [2.75, 3.05) is 30.5 Å². The lowest BCUT2D eigenvalue weighted by molar-refractivity contribution is -0.147. The van der Waals surface area contributed by atoms with Gasteiger partial charge in [-0.2, -0.15) is 0 Å². The van der Waals surface area contributed by atoms with Gasteiger partial charge in [0.05, 0.1) is 24.5 Å². The van der Waals surface area contributed by atoms with Crippen molar-refractivity contribution in [3.8, 4) is 5.75 Å². The first-order valence-corrected chi connectivity index (χ1v) is 11.5. The van der Waals surface area contributed by atoms with E-state index in [2.05, 4.69) is 10.6 Å². The Bertz CT molecular complexity index is 1000. The van der Waals surface area contributed by atoms with E-state index >= 15 is 0 Å². The first-order chi connectivity index (χ1) is 16.8. The number of carbonyl (C=O) groups is 4. The second kappa shape index (κ2) is 14.4. The topological polar surface area (TPSA) is 120 Å². The third kappa shape index (κ3) is 10.3. The number of hydrogen-bond acceptors (Lipinski definition) is 7. The van der Waals surface area contributed by atoms with Crippen LogP contribution in [-0.2, 0) is 23.9 Å². The van der Waals surface area contributed by atoms with E-state index < -0.39 is 24.5 Å². The molecule has 0 aliphatic carbocycles. The Labute approximate surface area is 205 Å². The third-order valence-corrected chi connectivity index (χ3v) is 4.56. The maximum atomic E-state index is 12.1. The molecule has 2 rings (SSSR count). The quantitative estimate of drug-likeness (QED) is 0.409. The number of hydrogen-bond donors (Lipinski definition) is 2. The molecule has 2 aromatic carbocycles. The zero-order valence-corrected chi connectivity index (χ0v) is 20.3. The van der Waals surface area contributed by atoms with Gasteiger partial charge in [0.2, 0.25) is 5.91 Å². The van der Waals surface area contributed by atoms with E-state index in [9.17, 15) is 19.2 Å². The van der Waals surface area contributed by atoms with Crippen LogP contribution in [0.15, 0.2) is 48.5 Å². The largest absolute Gasteiger partial charge is 0.492 e. The first-order valence-electron chi connectivity index (χ1n) is 11.5. The molecule has 0 spiro atoms. The van der Waals surface area contributed by atoms with Gasteiger partial charge in [0.1, 0.15) is 5.75 Å². The van der Waals surface area contributed by atoms with E-state index in [0.717, 1.165) is 0 Å². The second-order valence-corrected chi connectivity index (χ2v) is 8.11. The summed E-state index contributed by atoms with van der Waals surface area (Å²) in [6.07, 6.45) is 0.358. The summed E-state index contributed by atoms with van der Waals surface area (Å²) >= 11 is 0. The Kier molecular flexibility index (Phi) is 11.3. The Morgan fingerprint density at radius 2 is 1.57 bits per heavy atom. The van der Waals surface area contributed by atoms with Gasteiger partial charge in [-0.3, -0.25) is 14.4 Å². The van der Waals surface area contributed by atoms with E-state index in [4.69, 9.17) is 14.2 Å². The molecule has 0 unspecified atom stereocenters. The molecule has 0 heterocycles. The number of rotatable bonds is 13. The van der Waals surface area contributed by atoms with Crippen molar-refractivity contribution < 1.29 is 33.4 Å². The van der Waals surface area contributed by atoms with Crippen LogP contribution in [0.5, 0.6) is 5.75 Å². The summed E-state index contributed by atoms with van der Waals surface area (Å²) in [6.45, 7) is 6.10. The SMILES string of the molecule is CCOc1ccccc1NC(=O)COC(=O)CCCC(=O)Nc1ccc(C(=O)OCC(C)C)cc1. The molecule has 0 aliphatic heterocycles. The molecule has 188 valence electrons. The third-order valence-electron chi connectivity index (χ3n) is 4.56. The van der Waals surface area contributed by atoms with Crippen LogP contribution in [0, 0.1) is 5.92 Å². The molecule has 9 nitrogen and oxygen atoms in total. The number of amides is 2. The Hall–Kier alpha value is -3.88. The van der Waals surface area contributed by atoms with Gasteiger partial charge >= 0.3 is 11.9 Å². The van der Waals surface area contributed by atoms with E-state index in [1.165, 1.54) is 0 Å².